The van der Waals surface area contributed by atoms with Gasteiger partial charge in [0.05, 0.1) is 34.4 Å². The molecule has 0 aliphatic rings. The van der Waals surface area contributed by atoms with E-state index in [-0.39, 0.29) is 11.6 Å². The summed E-state index contributed by atoms with van der Waals surface area (Å²) in [4.78, 5) is 13.9. The average Bonchev–Trinajstić information content (AvgIpc) is 3.08. The molecule has 0 amide bonds. The van der Waals surface area contributed by atoms with Crippen LogP contribution >= 0.6 is 31.9 Å². The summed E-state index contributed by atoms with van der Waals surface area (Å²) in [6.45, 7) is 4.15. The van der Waals surface area contributed by atoms with Crippen LogP contribution in [0.4, 0.5) is 0 Å². The van der Waals surface area contributed by atoms with Crippen molar-refractivity contribution < 1.29 is 0 Å². The second-order valence-corrected chi connectivity index (χ2v) is 9.32. The van der Waals surface area contributed by atoms with Gasteiger partial charge in [0.25, 0.3) is 0 Å². The number of nitriles is 1. The molecule has 0 aliphatic carbocycles. The molecule has 0 unspecified atom stereocenters. The predicted octanol–water partition coefficient (Wildman–Crippen LogP) is 6.82. The molecule has 0 N–H and O–H groups in total. The molecule has 0 bridgehead atoms. The first-order valence-corrected chi connectivity index (χ1v) is 11.4. The maximum Gasteiger partial charge on any atom is 0.338 e. The molecule has 0 fully saturated rings. The third-order valence-corrected chi connectivity index (χ3v) is 6.13. The summed E-state index contributed by atoms with van der Waals surface area (Å²) in [5, 5.41) is 9.43. The lowest BCUT2D eigenvalue weighted by molar-refractivity contribution is 0.775. The highest BCUT2D eigenvalue weighted by atomic mass is 79.9. The van der Waals surface area contributed by atoms with Crippen LogP contribution in [0.5, 0.6) is 0 Å². The summed E-state index contributed by atoms with van der Waals surface area (Å²) in [5.74, 6) is 0.0637. The highest BCUT2D eigenvalue weighted by molar-refractivity contribution is 9.10. The number of nitrogens with zero attached hydrogens (tertiary/aromatic N) is 3. The molecule has 0 aliphatic heterocycles. The van der Waals surface area contributed by atoms with Crippen molar-refractivity contribution in [1.29, 1.82) is 5.26 Å². The van der Waals surface area contributed by atoms with Crippen molar-refractivity contribution in [3.05, 3.63) is 103 Å². The third-order valence-electron chi connectivity index (χ3n) is 5.07. The molecule has 0 saturated heterocycles. The van der Waals surface area contributed by atoms with E-state index in [2.05, 4.69) is 51.8 Å². The Morgan fingerprint density at radius 2 is 1.39 bits per heavy atom. The molecule has 0 saturated carbocycles. The van der Waals surface area contributed by atoms with Crippen LogP contribution in [0.2, 0.25) is 0 Å². The van der Waals surface area contributed by atoms with Gasteiger partial charge in [-0.3, -0.25) is 9.13 Å². The number of rotatable bonds is 4. The minimum atomic E-state index is -0.147. The lowest BCUT2D eigenvalue weighted by atomic mass is 10.0. The van der Waals surface area contributed by atoms with Crippen molar-refractivity contribution in [1.82, 2.24) is 9.13 Å². The molecule has 0 atom stereocenters. The Balaban J connectivity index is 2.13. The van der Waals surface area contributed by atoms with Gasteiger partial charge >= 0.3 is 5.69 Å². The summed E-state index contributed by atoms with van der Waals surface area (Å²) in [5.41, 5.74) is 4.49. The van der Waals surface area contributed by atoms with Gasteiger partial charge in [0.15, 0.2) is 0 Å². The van der Waals surface area contributed by atoms with Crippen LogP contribution in [0.25, 0.3) is 22.6 Å². The minimum Gasteiger partial charge on any atom is -0.264 e. The lowest BCUT2D eigenvalue weighted by Crippen LogP contribution is -2.23. The molecule has 0 spiro atoms. The van der Waals surface area contributed by atoms with Gasteiger partial charge in [0, 0.05) is 14.5 Å². The van der Waals surface area contributed by atoms with Crippen LogP contribution in [-0.4, -0.2) is 9.13 Å². The van der Waals surface area contributed by atoms with Crippen molar-refractivity contribution >= 4 is 31.9 Å². The van der Waals surface area contributed by atoms with Crippen LogP contribution in [0, 0.1) is 11.3 Å². The number of imidazole rings is 1. The van der Waals surface area contributed by atoms with Crippen molar-refractivity contribution in [2.45, 2.75) is 19.8 Å². The second kappa shape index (κ2) is 8.70. The molecule has 31 heavy (non-hydrogen) atoms. The average molecular weight is 537 g/mol. The maximum atomic E-state index is 13.9. The van der Waals surface area contributed by atoms with Gasteiger partial charge in [-0.25, -0.2) is 4.79 Å². The number of hydrogen-bond acceptors (Lipinski definition) is 2. The monoisotopic (exact) mass is 535 g/mol. The topological polar surface area (TPSA) is 50.7 Å². The zero-order valence-electron chi connectivity index (χ0n) is 17.0. The van der Waals surface area contributed by atoms with E-state index in [1.807, 2.05) is 66.7 Å². The van der Waals surface area contributed by atoms with Crippen molar-refractivity contribution in [3.63, 3.8) is 0 Å². The molecule has 4 rings (SSSR count). The highest BCUT2D eigenvalue weighted by Crippen LogP contribution is 2.33. The van der Waals surface area contributed by atoms with E-state index in [0.717, 1.165) is 37.3 Å². The normalized spacial score (nSPS) is 11.0. The fourth-order valence-electron chi connectivity index (χ4n) is 3.73. The predicted molar refractivity (Wildman–Crippen MR) is 131 cm³/mol. The van der Waals surface area contributed by atoms with E-state index in [0.29, 0.717) is 5.56 Å². The highest BCUT2D eigenvalue weighted by Gasteiger charge is 2.25. The first kappa shape index (κ1) is 21.4. The Labute approximate surface area is 197 Å². The zero-order valence-corrected chi connectivity index (χ0v) is 20.2. The summed E-state index contributed by atoms with van der Waals surface area (Å²) in [7, 11) is 0. The molecule has 4 aromatic rings. The van der Waals surface area contributed by atoms with Crippen LogP contribution < -0.4 is 5.69 Å². The molecule has 154 valence electrons. The zero-order chi connectivity index (χ0) is 22.1. The van der Waals surface area contributed by atoms with Gasteiger partial charge in [0.2, 0.25) is 0 Å². The molecule has 0 radical (unpaired) electrons. The fraction of sp³-hybridized carbons (Fsp3) is 0.120. The van der Waals surface area contributed by atoms with E-state index in [1.54, 1.807) is 15.2 Å². The standard InChI is InChI=1S/C25H19Br2N3O/c1-16(2)23-24(18-5-3-4-17(14-18)15-28)30(22-12-8-20(27)9-13-22)25(31)29(23)21-10-6-19(26)7-11-21/h3-14,16H,1-2H3. The quantitative estimate of drug-likeness (QED) is 0.287. The Hall–Kier alpha value is -2.88. The second-order valence-electron chi connectivity index (χ2n) is 7.49. The summed E-state index contributed by atoms with van der Waals surface area (Å²) >= 11 is 6.94. The Kier molecular flexibility index (Phi) is 5.99. The molecule has 1 heterocycles. The molecule has 4 nitrogen and oxygen atoms in total. The number of halogens is 2. The van der Waals surface area contributed by atoms with Gasteiger partial charge in [-0.2, -0.15) is 5.26 Å². The molecule has 3 aromatic carbocycles. The van der Waals surface area contributed by atoms with Gasteiger partial charge in [0.1, 0.15) is 0 Å². The van der Waals surface area contributed by atoms with Crippen LogP contribution in [0.1, 0.15) is 31.0 Å². The molecule has 6 heteroatoms. The van der Waals surface area contributed by atoms with Gasteiger partial charge in [-0.15, -0.1) is 0 Å². The number of aromatic nitrogens is 2. The Morgan fingerprint density at radius 3 is 1.90 bits per heavy atom. The SMILES string of the molecule is CC(C)c1c(-c2cccc(C#N)c2)n(-c2ccc(Br)cc2)c(=O)n1-c1ccc(Br)cc1. The summed E-state index contributed by atoms with van der Waals surface area (Å²) < 4.78 is 5.40. The van der Waals surface area contributed by atoms with E-state index in [4.69, 9.17) is 0 Å². The lowest BCUT2D eigenvalue weighted by Gasteiger charge is -2.14. The number of benzene rings is 3. The van der Waals surface area contributed by atoms with E-state index >= 15 is 0 Å². The van der Waals surface area contributed by atoms with Gasteiger partial charge in [-0.05, 0) is 66.6 Å². The van der Waals surface area contributed by atoms with Gasteiger partial charge < -0.3 is 0 Å². The first-order chi connectivity index (χ1) is 14.9. The van der Waals surface area contributed by atoms with Crippen LogP contribution in [0.15, 0.2) is 86.5 Å². The van der Waals surface area contributed by atoms with Crippen molar-refractivity contribution in [3.8, 4) is 28.7 Å². The smallest absolute Gasteiger partial charge is 0.264 e. The van der Waals surface area contributed by atoms with E-state index < -0.39 is 0 Å². The van der Waals surface area contributed by atoms with Crippen molar-refractivity contribution in [2.75, 3.05) is 0 Å². The van der Waals surface area contributed by atoms with E-state index in [1.165, 1.54) is 0 Å². The van der Waals surface area contributed by atoms with Crippen LogP contribution in [0.3, 0.4) is 0 Å². The third kappa shape index (κ3) is 4.04. The fourth-order valence-corrected chi connectivity index (χ4v) is 4.26. The summed E-state index contributed by atoms with van der Waals surface area (Å²) in [6, 6.07) is 25.0. The minimum absolute atomic E-state index is 0.0637. The Morgan fingerprint density at radius 1 is 0.839 bits per heavy atom. The number of hydrogen-bond donors (Lipinski definition) is 0. The largest absolute Gasteiger partial charge is 0.338 e. The molecule has 1 aromatic heterocycles. The molecular weight excluding hydrogens is 518 g/mol. The first-order valence-electron chi connectivity index (χ1n) is 9.80. The van der Waals surface area contributed by atoms with Crippen LogP contribution in [-0.2, 0) is 0 Å². The maximum absolute atomic E-state index is 13.9. The van der Waals surface area contributed by atoms with E-state index in [9.17, 15) is 10.1 Å². The molecular formula is C25H19Br2N3O. The van der Waals surface area contributed by atoms with Gasteiger partial charge in [-0.1, -0.05) is 57.8 Å². The van der Waals surface area contributed by atoms with Crippen molar-refractivity contribution in [2.24, 2.45) is 0 Å². The summed E-state index contributed by atoms with van der Waals surface area (Å²) in [6.07, 6.45) is 0. The Bertz CT molecular complexity index is 1340.